The average molecular weight is 415 g/mol. The van der Waals surface area contributed by atoms with Crippen LogP contribution in [-0.2, 0) is 29.6 Å². The normalized spacial score (nSPS) is 29.4. The SMILES string of the molecule is Cc1onc2c1C[C@@]1(CC2)Cc2ccc(Br)cc2C12N=C(N)N(C)C2=O. The van der Waals surface area contributed by atoms with Gasteiger partial charge < -0.3 is 10.3 Å². The van der Waals surface area contributed by atoms with Crippen molar-refractivity contribution < 1.29 is 9.32 Å². The number of guanidine groups is 1. The van der Waals surface area contributed by atoms with Gasteiger partial charge in [-0.15, -0.1) is 0 Å². The maximum absolute atomic E-state index is 13.5. The summed E-state index contributed by atoms with van der Waals surface area (Å²) in [5.74, 6) is 1.08. The van der Waals surface area contributed by atoms with Gasteiger partial charge in [-0.25, -0.2) is 4.99 Å². The third-order valence-corrected chi connectivity index (χ3v) is 6.91. The largest absolute Gasteiger partial charge is 0.369 e. The van der Waals surface area contributed by atoms with Crippen molar-refractivity contribution in [3.8, 4) is 0 Å². The van der Waals surface area contributed by atoms with E-state index in [9.17, 15) is 4.79 Å². The summed E-state index contributed by atoms with van der Waals surface area (Å²) in [6.45, 7) is 1.94. The molecule has 1 unspecified atom stereocenters. The van der Waals surface area contributed by atoms with Crippen molar-refractivity contribution >= 4 is 27.8 Å². The molecule has 134 valence electrons. The molecule has 0 bridgehead atoms. The maximum atomic E-state index is 13.5. The Kier molecular flexibility index (Phi) is 3.07. The van der Waals surface area contributed by atoms with Gasteiger partial charge in [0.1, 0.15) is 5.76 Å². The standard InChI is InChI=1S/C19H19BrN4O2/c1-10-13-9-18(6-5-15(13)23-26-10)8-11-3-4-12(20)7-14(11)19(18)16(25)24(2)17(21)22-19/h3-4,7H,5-6,8-9H2,1-2H3,(H2,21,22)/t18-,19?/m1/s1. The number of aryl methyl sites for hydroxylation is 2. The number of hydrogen-bond acceptors (Lipinski definition) is 5. The van der Waals surface area contributed by atoms with Crippen LogP contribution in [-0.4, -0.2) is 29.0 Å². The highest BCUT2D eigenvalue weighted by atomic mass is 79.9. The summed E-state index contributed by atoms with van der Waals surface area (Å²) in [5, 5.41) is 4.20. The minimum atomic E-state index is -0.966. The van der Waals surface area contributed by atoms with Gasteiger partial charge in [0.05, 0.1) is 5.69 Å². The molecule has 26 heavy (non-hydrogen) atoms. The first kappa shape index (κ1) is 16.1. The molecule has 2 aromatic rings. The topological polar surface area (TPSA) is 84.7 Å². The van der Waals surface area contributed by atoms with Gasteiger partial charge in [0.2, 0.25) is 0 Å². The second kappa shape index (κ2) is 4.97. The molecule has 3 aliphatic rings. The number of rotatable bonds is 0. The Bertz CT molecular complexity index is 997. The van der Waals surface area contributed by atoms with Crippen molar-refractivity contribution in [3.63, 3.8) is 0 Å². The summed E-state index contributed by atoms with van der Waals surface area (Å²) in [4.78, 5) is 19.8. The number of hydrogen-bond donors (Lipinski definition) is 1. The molecule has 2 N–H and O–H groups in total. The molecule has 7 heteroatoms. The van der Waals surface area contributed by atoms with Gasteiger partial charge in [-0.2, -0.15) is 0 Å². The Morgan fingerprint density at radius 3 is 2.88 bits per heavy atom. The molecule has 1 aromatic heterocycles. The fourth-order valence-corrected chi connectivity index (χ4v) is 5.45. The number of nitrogens with zero attached hydrogens (tertiary/aromatic N) is 3. The van der Waals surface area contributed by atoms with Gasteiger partial charge in [-0.3, -0.25) is 9.69 Å². The number of aliphatic imine (C=N–C) groups is 1. The van der Waals surface area contributed by atoms with Crippen LogP contribution in [0.5, 0.6) is 0 Å². The first-order valence-corrected chi connectivity index (χ1v) is 9.54. The van der Waals surface area contributed by atoms with Crippen molar-refractivity contribution in [3.05, 3.63) is 50.8 Å². The van der Waals surface area contributed by atoms with E-state index in [4.69, 9.17) is 15.2 Å². The Morgan fingerprint density at radius 2 is 2.15 bits per heavy atom. The van der Waals surface area contributed by atoms with Gasteiger partial charge in [-0.1, -0.05) is 27.2 Å². The van der Waals surface area contributed by atoms with Crippen molar-refractivity contribution in [2.75, 3.05) is 7.05 Å². The smallest absolute Gasteiger partial charge is 0.262 e. The van der Waals surface area contributed by atoms with Crippen LogP contribution in [0.25, 0.3) is 0 Å². The maximum Gasteiger partial charge on any atom is 0.262 e. The molecule has 5 rings (SSSR count). The fraction of sp³-hybridized carbons (Fsp3) is 0.421. The highest BCUT2D eigenvalue weighted by Crippen LogP contribution is 2.61. The van der Waals surface area contributed by atoms with Crippen LogP contribution in [0.1, 0.15) is 34.6 Å². The zero-order valence-corrected chi connectivity index (χ0v) is 16.3. The van der Waals surface area contributed by atoms with Crippen LogP contribution in [0.4, 0.5) is 0 Å². The number of carbonyl (C=O) groups excluding carboxylic acids is 1. The summed E-state index contributed by atoms with van der Waals surface area (Å²) in [7, 11) is 1.71. The summed E-state index contributed by atoms with van der Waals surface area (Å²) < 4.78 is 6.37. The fourth-order valence-electron chi connectivity index (χ4n) is 5.08. The first-order chi connectivity index (χ1) is 12.4. The van der Waals surface area contributed by atoms with E-state index in [1.54, 1.807) is 7.05 Å². The van der Waals surface area contributed by atoms with E-state index < -0.39 is 5.54 Å². The molecule has 2 aliphatic carbocycles. The monoisotopic (exact) mass is 414 g/mol. The van der Waals surface area contributed by atoms with E-state index in [-0.39, 0.29) is 17.3 Å². The van der Waals surface area contributed by atoms with Crippen LogP contribution >= 0.6 is 15.9 Å². The zero-order valence-electron chi connectivity index (χ0n) is 14.7. The molecule has 2 heterocycles. The lowest BCUT2D eigenvalue weighted by atomic mass is 9.61. The number of benzene rings is 1. The molecule has 2 spiro atoms. The molecular weight excluding hydrogens is 396 g/mol. The molecule has 2 atom stereocenters. The quantitative estimate of drug-likeness (QED) is 0.717. The summed E-state index contributed by atoms with van der Waals surface area (Å²) >= 11 is 3.56. The van der Waals surface area contributed by atoms with Gasteiger partial charge in [-0.05, 0) is 55.9 Å². The lowest BCUT2D eigenvalue weighted by molar-refractivity contribution is -0.135. The molecule has 1 aliphatic heterocycles. The van der Waals surface area contributed by atoms with Crippen LogP contribution in [0.2, 0.25) is 0 Å². The van der Waals surface area contributed by atoms with E-state index in [2.05, 4.69) is 27.2 Å². The van der Waals surface area contributed by atoms with Crippen molar-refractivity contribution in [1.82, 2.24) is 10.1 Å². The molecular formula is C19H19BrN4O2. The second-order valence-electron chi connectivity index (χ2n) is 7.64. The number of amides is 1. The highest BCUT2D eigenvalue weighted by molar-refractivity contribution is 9.10. The second-order valence-corrected chi connectivity index (χ2v) is 8.56. The summed E-state index contributed by atoms with van der Waals surface area (Å²) in [6.07, 6.45) is 3.14. The Balaban J connectivity index is 1.77. The van der Waals surface area contributed by atoms with Crippen LogP contribution in [0.3, 0.4) is 0 Å². The third-order valence-electron chi connectivity index (χ3n) is 6.42. The van der Waals surface area contributed by atoms with E-state index in [0.717, 1.165) is 52.7 Å². The van der Waals surface area contributed by atoms with Gasteiger partial charge in [0.15, 0.2) is 11.5 Å². The number of carbonyl (C=O) groups is 1. The number of fused-ring (bicyclic) bond motifs is 4. The molecule has 0 radical (unpaired) electrons. The van der Waals surface area contributed by atoms with Crippen molar-refractivity contribution in [2.24, 2.45) is 16.1 Å². The number of nitrogens with two attached hydrogens (primary N) is 1. The molecule has 0 fully saturated rings. The first-order valence-electron chi connectivity index (χ1n) is 8.74. The predicted octanol–water partition coefficient (Wildman–Crippen LogP) is 2.46. The van der Waals surface area contributed by atoms with Crippen LogP contribution in [0.15, 0.2) is 32.2 Å². The summed E-state index contributed by atoms with van der Waals surface area (Å²) in [6, 6.07) is 6.16. The number of aromatic nitrogens is 1. The minimum Gasteiger partial charge on any atom is -0.369 e. The Morgan fingerprint density at radius 1 is 1.35 bits per heavy atom. The van der Waals surface area contributed by atoms with Crippen molar-refractivity contribution in [2.45, 2.75) is 38.1 Å². The average Bonchev–Trinajstić information content (AvgIpc) is 3.19. The lowest BCUT2D eigenvalue weighted by Crippen LogP contribution is -2.51. The van der Waals surface area contributed by atoms with E-state index >= 15 is 0 Å². The Labute approximate surface area is 159 Å². The molecule has 0 saturated heterocycles. The van der Waals surface area contributed by atoms with Gasteiger partial charge in [0.25, 0.3) is 5.91 Å². The van der Waals surface area contributed by atoms with E-state index in [1.165, 1.54) is 10.5 Å². The molecule has 6 nitrogen and oxygen atoms in total. The molecule has 1 aromatic carbocycles. The van der Waals surface area contributed by atoms with Crippen molar-refractivity contribution in [1.29, 1.82) is 0 Å². The Hall–Kier alpha value is -2.15. The van der Waals surface area contributed by atoms with E-state index in [0.29, 0.717) is 0 Å². The van der Waals surface area contributed by atoms with Crippen LogP contribution in [0, 0.1) is 12.3 Å². The van der Waals surface area contributed by atoms with E-state index in [1.807, 2.05) is 19.1 Å². The predicted molar refractivity (Wildman–Crippen MR) is 99.6 cm³/mol. The summed E-state index contributed by atoms with van der Waals surface area (Å²) in [5.41, 5.74) is 9.10. The number of halogens is 1. The lowest BCUT2D eigenvalue weighted by Gasteiger charge is -2.42. The molecule has 0 saturated carbocycles. The van der Waals surface area contributed by atoms with Crippen LogP contribution < -0.4 is 5.73 Å². The third kappa shape index (κ3) is 1.74. The highest BCUT2D eigenvalue weighted by Gasteiger charge is 2.66. The zero-order chi connectivity index (χ0) is 18.3. The minimum absolute atomic E-state index is 0.0376. The molecule has 1 amide bonds. The van der Waals surface area contributed by atoms with Gasteiger partial charge in [0, 0.05) is 22.5 Å². The number of likely N-dealkylation sites (N-methyl/N-ethyl adjacent to an activating group) is 1. The van der Waals surface area contributed by atoms with Gasteiger partial charge >= 0.3 is 0 Å².